The molecule has 7 heteroatoms. The normalized spacial score (nSPS) is 17.2. The van der Waals surface area contributed by atoms with Crippen molar-refractivity contribution in [2.75, 3.05) is 32.7 Å². The van der Waals surface area contributed by atoms with Gasteiger partial charge in [-0.25, -0.2) is 13.4 Å². The maximum atomic E-state index is 12.6. The van der Waals surface area contributed by atoms with Crippen molar-refractivity contribution in [2.45, 2.75) is 4.90 Å². The van der Waals surface area contributed by atoms with Crippen molar-refractivity contribution in [3.63, 3.8) is 0 Å². The van der Waals surface area contributed by atoms with Gasteiger partial charge in [0.05, 0.1) is 0 Å². The van der Waals surface area contributed by atoms with Gasteiger partial charge in [0.25, 0.3) is 0 Å². The van der Waals surface area contributed by atoms with Gasteiger partial charge in [0.2, 0.25) is 10.0 Å². The molecule has 0 aliphatic carbocycles. The van der Waals surface area contributed by atoms with Crippen LogP contribution in [-0.2, 0) is 10.0 Å². The third kappa shape index (κ3) is 4.67. The minimum Gasteiger partial charge on any atom is -0.297 e. The van der Waals surface area contributed by atoms with Gasteiger partial charge in [-0.05, 0) is 17.7 Å². The zero-order valence-corrected chi connectivity index (χ0v) is 15.3. The molecule has 0 radical (unpaired) electrons. The number of aromatic nitrogens is 1. The number of pyridine rings is 1. The van der Waals surface area contributed by atoms with Crippen molar-refractivity contribution in [3.05, 3.63) is 65.5 Å². The summed E-state index contributed by atoms with van der Waals surface area (Å²) in [6, 6.07) is 13.1. The van der Waals surface area contributed by atoms with E-state index in [4.69, 9.17) is 11.6 Å². The lowest BCUT2D eigenvalue weighted by molar-refractivity contribution is 0.204. The van der Waals surface area contributed by atoms with E-state index in [2.05, 4.69) is 34.2 Å². The van der Waals surface area contributed by atoms with Crippen LogP contribution in [0.3, 0.4) is 0 Å². The van der Waals surface area contributed by atoms with Gasteiger partial charge in [-0.2, -0.15) is 4.31 Å². The molecule has 5 nitrogen and oxygen atoms in total. The Kier molecular flexibility index (Phi) is 5.86. The molecular weight excluding hydrogens is 358 g/mol. The van der Waals surface area contributed by atoms with Crippen molar-refractivity contribution < 1.29 is 8.42 Å². The van der Waals surface area contributed by atoms with E-state index in [1.165, 1.54) is 28.2 Å². The van der Waals surface area contributed by atoms with Crippen LogP contribution in [-0.4, -0.2) is 55.3 Å². The van der Waals surface area contributed by atoms with E-state index < -0.39 is 10.0 Å². The first-order valence-corrected chi connectivity index (χ1v) is 9.93. The molecule has 1 aliphatic rings. The van der Waals surface area contributed by atoms with Gasteiger partial charge in [-0.15, -0.1) is 0 Å². The standard InChI is InChI=1S/C18H20ClN3O2S/c19-18-9-8-17(15-20-18)25(23,24)22-13-11-21(12-14-22)10-4-7-16-5-2-1-3-6-16/h1-9,15H,10-14H2/b7-4+. The minimum atomic E-state index is -3.50. The summed E-state index contributed by atoms with van der Waals surface area (Å²) < 4.78 is 26.7. The van der Waals surface area contributed by atoms with Crippen LogP contribution in [0.4, 0.5) is 0 Å². The molecule has 3 rings (SSSR count). The van der Waals surface area contributed by atoms with E-state index in [9.17, 15) is 8.42 Å². The lowest BCUT2D eigenvalue weighted by Crippen LogP contribution is -2.48. The summed E-state index contributed by atoms with van der Waals surface area (Å²) in [5.41, 5.74) is 1.17. The molecular formula is C18H20ClN3O2S. The number of rotatable bonds is 5. The van der Waals surface area contributed by atoms with Crippen LogP contribution in [0.5, 0.6) is 0 Å². The molecule has 0 atom stereocenters. The number of hydrogen-bond acceptors (Lipinski definition) is 4. The lowest BCUT2D eigenvalue weighted by atomic mass is 10.2. The second-order valence-electron chi connectivity index (χ2n) is 5.83. The fourth-order valence-corrected chi connectivity index (χ4v) is 4.20. The highest BCUT2D eigenvalue weighted by Gasteiger charge is 2.28. The van der Waals surface area contributed by atoms with Crippen LogP contribution in [0.1, 0.15) is 5.56 Å². The Morgan fingerprint density at radius 1 is 1.04 bits per heavy atom. The summed E-state index contributed by atoms with van der Waals surface area (Å²) in [6.07, 6.45) is 5.51. The smallest absolute Gasteiger partial charge is 0.244 e. The predicted molar refractivity (Wildman–Crippen MR) is 99.9 cm³/mol. The summed E-state index contributed by atoms with van der Waals surface area (Å²) >= 11 is 5.73. The maximum absolute atomic E-state index is 12.6. The molecule has 25 heavy (non-hydrogen) atoms. The Bertz CT molecular complexity index is 815. The Morgan fingerprint density at radius 3 is 2.40 bits per heavy atom. The minimum absolute atomic E-state index is 0.189. The molecule has 0 unspecified atom stereocenters. The average Bonchev–Trinajstić information content (AvgIpc) is 2.63. The Balaban J connectivity index is 1.54. The topological polar surface area (TPSA) is 53.5 Å². The molecule has 0 amide bonds. The SMILES string of the molecule is O=S(=O)(c1ccc(Cl)nc1)N1CCN(C/C=C/c2ccccc2)CC1. The molecule has 2 aromatic rings. The summed E-state index contributed by atoms with van der Waals surface area (Å²) in [6.45, 7) is 3.18. The molecule has 0 N–H and O–H groups in total. The quantitative estimate of drug-likeness (QED) is 0.752. The summed E-state index contributed by atoms with van der Waals surface area (Å²) in [7, 11) is -3.50. The highest BCUT2D eigenvalue weighted by atomic mass is 35.5. The Morgan fingerprint density at radius 2 is 1.76 bits per heavy atom. The van der Waals surface area contributed by atoms with E-state index in [1.54, 1.807) is 0 Å². The van der Waals surface area contributed by atoms with Gasteiger partial charge >= 0.3 is 0 Å². The number of benzene rings is 1. The molecule has 1 aromatic carbocycles. The van der Waals surface area contributed by atoms with Crippen LogP contribution in [0.15, 0.2) is 59.6 Å². The largest absolute Gasteiger partial charge is 0.297 e. The number of hydrogen-bond donors (Lipinski definition) is 0. The first kappa shape index (κ1) is 18.1. The third-order valence-corrected chi connectivity index (χ3v) is 6.25. The molecule has 0 saturated carbocycles. The van der Waals surface area contributed by atoms with Crippen LogP contribution in [0, 0.1) is 0 Å². The summed E-state index contributed by atoms with van der Waals surface area (Å²) in [4.78, 5) is 6.30. The van der Waals surface area contributed by atoms with Crippen molar-refractivity contribution in [1.29, 1.82) is 0 Å². The van der Waals surface area contributed by atoms with Crippen molar-refractivity contribution in [3.8, 4) is 0 Å². The van der Waals surface area contributed by atoms with Crippen LogP contribution in [0.25, 0.3) is 6.08 Å². The lowest BCUT2D eigenvalue weighted by Gasteiger charge is -2.33. The maximum Gasteiger partial charge on any atom is 0.244 e. The number of piperazine rings is 1. The van der Waals surface area contributed by atoms with Crippen LogP contribution < -0.4 is 0 Å². The first-order chi connectivity index (χ1) is 12.1. The fourth-order valence-electron chi connectivity index (χ4n) is 2.72. The van der Waals surface area contributed by atoms with Gasteiger partial charge in [0.15, 0.2) is 0 Å². The van der Waals surface area contributed by atoms with Gasteiger partial charge in [-0.1, -0.05) is 54.1 Å². The third-order valence-electron chi connectivity index (χ3n) is 4.14. The summed E-state index contributed by atoms with van der Waals surface area (Å²) in [5, 5.41) is 0.286. The van der Waals surface area contributed by atoms with E-state index >= 15 is 0 Å². The molecule has 0 spiro atoms. The number of halogens is 1. The van der Waals surface area contributed by atoms with Gasteiger partial charge < -0.3 is 0 Å². The summed E-state index contributed by atoms with van der Waals surface area (Å²) in [5.74, 6) is 0. The molecule has 2 heterocycles. The highest BCUT2D eigenvalue weighted by molar-refractivity contribution is 7.89. The molecule has 1 fully saturated rings. The monoisotopic (exact) mass is 377 g/mol. The van der Waals surface area contributed by atoms with Gasteiger partial charge in [-0.3, -0.25) is 4.90 Å². The van der Waals surface area contributed by atoms with E-state index in [0.717, 1.165) is 6.54 Å². The van der Waals surface area contributed by atoms with Crippen molar-refractivity contribution in [2.24, 2.45) is 0 Å². The van der Waals surface area contributed by atoms with E-state index in [-0.39, 0.29) is 10.0 Å². The Hall–Kier alpha value is -1.73. The Labute approximate surface area is 153 Å². The average molecular weight is 378 g/mol. The second kappa shape index (κ2) is 8.10. The molecule has 132 valence electrons. The van der Waals surface area contributed by atoms with E-state index in [0.29, 0.717) is 26.2 Å². The van der Waals surface area contributed by atoms with Gasteiger partial charge in [0, 0.05) is 38.9 Å². The first-order valence-electron chi connectivity index (χ1n) is 8.11. The number of nitrogens with zero attached hydrogens (tertiary/aromatic N) is 3. The molecule has 0 bridgehead atoms. The van der Waals surface area contributed by atoms with Crippen molar-refractivity contribution >= 4 is 27.7 Å². The van der Waals surface area contributed by atoms with Gasteiger partial charge in [0.1, 0.15) is 10.0 Å². The van der Waals surface area contributed by atoms with Crippen molar-refractivity contribution in [1.82, 2.24) is 14.2 Å². The zero-order valence-electron chi connectivity index (χ0n) is 13.8. The molecule has 1 aliphatic heterocycles. The van der Waals surface area contributed by atoms with E-state index in [1.807, 2.05) is 18.2 Å². The predicted octanol–water partition coefficient (Wildman–Crippen LogP) is 2.75. The molecule has 1 aromatic heterocycles. The molecule has 1 saturated heterocycles. The van der Waals surface area contributed by atoms with Crippen LogP contribution >= 0.6 is 11.6 Å². The second-order valence-corrected chi connectivity index (χ2v) is 8.16. The zero-order chi connectivity index (χ0) is 17.7. The number of sulfonamides is 1. The van der Waals surface area contributed by atoms with Crippen LogP contribution in [0.2, 0.25) is 5.15 Å². The highest BCUT2D eigenvalue weighted by Crippen LogP contribution is 2.18. The fraction of sp³-hybridized carbons (Fsp3) is 0.278.